The zero-order chi connectivity index (χ0) is 38.2. The Bertz CT molecular complexity index is 1360. The van der Waals surface area contributed by atoms with Crippen molar-refractivity contribution < 1.29 is 28.9 Å². The number of hydrogen-bond acceptors (Lipinski definition) is 6. The van der Waals surface area contributed by atoms with Crippen molar-refractivity contribution in [2.45, 2.75) is 149 Å². The monoisotopic (exact) mass is 731 g/mol. The molecule has 3 aliphatic rings. The molecule has 1 aromatic carbocycles. The van der Waals surface area contributed by atoms with E-state index < -0.39 is 0 Å². The molecule has 0 aromatic heterocycles. The predicted molar refractivity (Wildman–Crippen MR) is 216 cm³/mol. The van der Waals surface area contributed by atoms with E-state index in [-0.39, 0.29) is 31.1 Å². The first kappa shape index (κ1) is 42.6. The quantitative estimate of drug-likeness (QED) is 0.0770. The van der Waals surface area contributed by atoms with Crippen LogP contribution in [-0.2, 0) is 31.9 Å². The van der Waals surface area contributed by atoms with Gasteiger partial charge in [0.15, 0.2) is 0 Å². The summed E-state index contributed by atoms with van der Waals surface area (Å²) >= 11 is 0. The van der Waals surface area contributed by atoms with Crippen LogP contribution in [0, 0.1) is 23.7 Å². The molecule has 1 atom stereocenters. The Morgan fingerprint density at radius 3 is 1.85 bits per heavy atom. The minimum Gasteiger partial charge on any atom is -0.491 e. The Hall–Kier alpha value is -3.12. The maximum absolute atomic E-state index is 12.0. The molecule has 0 amide bonds. The highest BCUT2D eigenvalue weighted by Gasteiger charge is 2.32. The summed E-state index contributed by atoms with van der Waals surface area (Å²) in [7, 11) is 0. The number of carbonyl (C=O) groups excluding carboxylic acids is 2. The van der Waals surface area contributed by atoms with Gasteiger partial charge in [-0.25, -0.2) is 9.59 Å². The van der Waals surface area contributed by atoms with Gasteiger partial charge in [-0.15, -0.1) is 0 Å². The van der Waals surface area contributed by atoms with Crippen LogP contribution >= 0.6 is 0 Å². The first-order valence-corrected chi connectivity index (χ1v) is 21.1. The van der Waals surface area contributed by atoms with Gasteiger partial charge in [-0.05, 0) is 137 Å². The van der Waals surface area contributed by atoms with Crippen LogP contribution < -0.4 is 4.74 Å². The molecule has 4 rings (SSSR count). The fraction of sp³-hybridized carbons (Fsp3) is 0.660. The average molecular weight is 731 g/mol. The van der Waals surface area contributed by atoms with Crippen LogP contribution in [0.5, 0.6) is 5.75 Å². The van der Waals surface area contributed by atoms with Gasteiger partial charge in [0.2, 0.25) is 0 Å². The summed E-state index contributed by atoms with van der Waals surface area (Å²) in [6.45, 7) is 16.0. The van der Waals surface area contributed by atoms with Gasteiger partial charge in [0.05, 0.1) is 19.8 Å². The minimum absolute atomic E-state index is 0.0891. The Kier molecular flexibility index (Phi) is 17.9. The summed E-state index contributed by atoms with van der Waals surface area (Å²) in [6, 6.07) is 4.54. The summed E-state index contributed by atoms with van der Waals surface area (Å²) in [6.07, 6.45) is 26.5. The molecule has 294 valence electrons. The van der Waals surface area contributed by atoms with E-state index in [1.807, 2.05) is 0 Å². The van der Waals surface area contributed by atoms with E-state index in [0.717, 1.165) is 47.5 Å². The predicted octanol–water partition coefficient (Wildman–Crippen LogP) is 11.1. The molecule has 6 nitrogen and oxygen atoms in total. The number of aliphatic hydroxyl groups excluding tert-OH is 1. The van der Waals surface area contributed by atoms with E-state index in [0.29, 0.717) is 56.0 Å². The molecule has 2 saturated carbocycles. The zero-order valence-corrected chi connectivity index (χ0v) is 33.7. The van der Waals surface area contributed by atoms with Gasteiger partial charge in [0.25, 0.3) is 0 Å². The molecule has 53 heavy (non-hydrogen) atoms. The third-order valence-corrected chi connectivity index (χ3v) is 12.2. The highest BCUT2D eigenvalue weighted by molar-refractivity contribution is 5.87. The SMILES string of the molecule is C=C(C)C(=O)OCCCc1cc(C2CC=C(C3CCC(C4CCC(CCCCC)CC4)CC3)C=C2CC)cc(CCCOC(=O)C(=C)C)c1OCCO. The summed E-state index contributed by atoms with van der Waals surface area (Å²) in [5.74, 6) is 3.83. The number of benzene rings is 1. The summed E-state index contributed by atoms with van der Waals surface area (Å²) < 4.78 is 17.0. The number of unbranched alkanes of at least 4 members (excludes halogenated alkanes) is 2. The van der Waals surface area contributed by atoms with E-state index >= 15 is 0 Å². The van der Waals surface area contributed by atoms with E-state index in [2.05, 4.69) is 51.3 Å². The zero-order valence-electron chi connectivity index (χ0n) is 33.7. The summed E-state index contributed by atoms with van der Waals surface area (Å²) in [5.41, 5.74) is 7.18. The highest BCUT2D eigenvalue weighted by atomic mass is 16.5. The lowest BCUT2D eigenvalue weighted by Gasteiger charge is -2.39. The van der Waals surface area contributed by atoms with Gasteiger partial charge in [0.1, 0.15) is 12.4 Å². The molecule has 2 fully saturated rings. The lowest BCUT2D eigenvalue weighted by molar-refractivity contribution is -0.139. The first-order chi connectivity index (χ1) is 25.6. The molecule has 0 saturated heterocycles. The van der Waals surface area contributed by atoms with Gasteiger partial charge in [0, 0.05) is 17.1 Å². The van der Waals surface area contributed by atoms with Crippen LogP contribution in [0.1, 0.15) is 153 Å². The number of esters is 2. The molecule has 1 N–H and O–H groups in total. The highest BCUT2D eigenvalue weighted by Crippen LogP contribution is 2.46. The van der Waals surface area contributed by atoms with Crippen LogP contribution in [0.15, 0.2) is 59.7 Å². The van der Waals surface area contributed by atoms with Crippen molar-refractivity contribution in [2.75, 3.05) is 26.4 Å². The molecule has 0 bridgehead atoms. The molecular formula is C47H70O6. The molecule has 0 radical (unpaired) electrons. The fourth-order valence-electron chi connectivity index (χ4n) is 9.11. The molecule has 6 heteroatoms. The van der Waals surface area contributed by atoms with Crippen molar-refractivity contribution in [3.05, 3.63) is 76.4 Å². The molecule has 3 aliphatic carbocycles. The second-order valence-corrected chi connectivity index (χ2v) is 16.2. The lowest BCUT2D eigenvalue weighted by atomic mass is 9.67. The maximum Gasteiger partial charge on any atom is 0.333 e. The van der Waals surface area contributed by atoms with Crippen LogP contribution in [0.3, 0.4) is 0 Å². The van der Waals surface area contributed by atoms with E-state index in [1.54, 1.807) is 19.4 Å². The Balaban J connectivity index is 1.46. The molecule has 0 heterocycles. The van der Waals surface area contributed by atoms with Crippen molar-refractivity contribution >= 4 is 11.9 Å². The van der Waals surface area contributed by atoms with Crippen molar-refractivity contribution in [3.8, 4) is 5.75 Å². The fourth-order valence-corrected chi connectivity index (χ4v) is 9.11. The van der Waals surface area contributed by atoms with Crippen LogP contribution in [0.2, 0.25) is 0 Å². The third kappa shape index (κ3) is 13.0. The smallest absolute Gasteiger partial charge is 0.333 e. The Morgan fingerprint density at radius 2 is 1.34 bits per heavy atom. The van der Waals surface area contributed by atoms with Gasteiger partial charge in [-0.3, -0.25) is 0 Å². The second kappa shape index (κ2) is 22.3. The van der Waals surface area contributed by atoms with E-state index in [4.69, 9.17) is 14.2 Å². The standard InChI is InChI=1S/C47H70O6/c1-7-9-10-13-35-16-18-37(19-17-35)38-20-22-39(23-21-38)40-24-25-44(36(8-2)30-40)43-31-41(14-11-27-52-46(49)33(3)4)45(51-29-26-48)42(32-43)15-12-28-53-47(50)34(5)6/h24,30-32,35,37-39,44,48H,3,5,7-23,25-29H2,1-2,4,6H3. The van der Waals surface area contributed by atoms with Crippen molar-refractivity contribution in [1.82, 2.24) is 0 Å². The van der Waals surface area contributed by atoms with Gasteiger partial charge in [-0.1, -0.05) is 95.4 Å². The molecule has 1 unspecified atom stereocenters. The van der Waals surface area contributed by atoms with Gasteiger partial charge < -0.3 is 19.3 Å². The number of rotatable bonds is 21. The van der Waals surface area contributed by atoms with E-state index in [1.165, 1.54) is 88.2 Å². The molecular weight excluding hydrogens is 661 g/mol. The summed E-state index contributed by atoms with van der Waals surface area (Å²) in [5, 5.41) is 9.67. The minimum atomic E-state index is -0.378. The topological polar surface area (TPSA) is 82.1 Å². The van der Waals surface area contributed by atoms with Crippen LogP contribution in [0.25, 0.3) is 0 Å². The van der Waals surface area contributed by atoms with Gasteiger partial charge in [-0.2, -0.15) is 0 Å². The average Bonchev–Trinajstić information content (AvgIpc) is 3.17. The van der Waals surface area contributed by atoms with Crippen molar-refractivity contribution in [2.24, 2.45) is 23.7 Å². The summed E-state index contributed by atoms with van der Waals surface area (Å²) in [4.78, 5) is 24.1. The number of allylic oxidation sites excluding steroid dienone is 4. The molecule has 0 aliphatic heterocycles. The van der Waals surface area contributed by atoms with Crippen molar-refractivity contribution in [1.29, 1.82) is 0 Å². The van der Waals surface area contributed by atoms with Crippen LogP contribution in [0.4, 0.5) is 0 Å². The number of ether oxygens (including phenoxy) is 3. The molecule has 1 aromatic rings. The largest absolute Gasteiger partial charge is 0.491 e. The lowest BCUT2D eigenvalue weighted by Crippen LogP contribution is -2.26. The van der Waals surface area contributed by atoms with Crippen molar-refractivity contribution in [3.63, 3.8) is 0 Å². The molecule has 0 spiro atoms. The maximum atomic E-state index is 12.0. The normalized spacial score (nSPS) is 23.1. The Morgan fingerprint density at radius 1 is 0.774 bits per heavy atom. The third-order valence-electron chi connectivity index (χ3n) is 12.2. The number of carbonyl (C=O) groups is 2. The Labute approximate surface area is 321 Å². The second-order valence-electron chi connectivity index (χ2n) is 16.2. The number of aliphatic hydroxyl groups is 1. The van der Waals surface area contributed by atoms with Gasteiger partial charge >= 0.3 is 11.9 Å². The number of aryl methyl sites for hydroxylation is 2. The van der Waals surface area contributed by atoms with Crippen LogP contribution in [-0.4, -0.2) is 43.5 Å². The first-order valence-electron chi connectivity index (χ1n) is 21.1. The number of hydrogen-bond donors (Lipinski definition) is 1. The van der Waals surface area contributed by atoms with E-state index in [9.17, 15) is 14.7 Å².